The molecule has 230 valence electrons. The van der Waals surface area contributed by atoms with E-state index in [1.54, 1.807) is 13.0 Å². The molecule has 0 aromatic heterocycles. The van der Waals surface area contributed by atoms with Crippen molar-refractivity contribution in [3.05, 3.63) is 95.3 Å². The molecule has 0 aliphatic heterocycles. The number of aryl methyl sites for hydroxylation is 1. The van der Waals surface area contributed by atoms with Gasteiger partial charge in [0.1, 0.15) is 18.4 Å². The van der Waals surface area contributed by atoms with Crippen molar-refractivity contribution in [3.63, 3.8) is 0 Å². The summed E-state index contributed by atoms with van der Waals surface area (Å²) in [7, 11) is -4.56. The zero-order valence-electron chi connectivity index (χ0n) is 23.8. The highest BCUT2D eigenvalue weighted by atomic mass is 32.2. The molecule has 0 spiro atoms. The first-order valence-corrected chi connectivity index (χ1v) is 15.3. The molecule has 0 radical (unpaired) electrons. The molecule has 0 saturated heterocycles. The molecule has 0 bridgehead atoms. The smallest absolute Gasteiger partial charge is 0.352 e. The zero-order valence-corrected chi connectivity index (χ0v) is 24.6. The third-order valence-electron chi connectivity index (χ3n) is 7.52. The number of benzene rings is 3. The first kappa shape index (κ1) is 32.0. The highest BCUT2D eigenvalue weighted by molar-refractivity contribution is 7.92. The summed E-state index contributed by atoms with van der Waals surface area (Å²) in [5.74, 6) is -2.03. The average Bonchev–Trinajstić information content (AvgIpc) is 3.48. The van der Waals surface area contributed by atoms with Gasteiger partial charge >= 0.3 is 6.18 Å². The van der Waals surface area contributed by atoms with Gasteiger partial charge in [0, 0.05) is 18.2 Å². The van der Waals surface area contributed by atoms with Gasteiger partial charge in [0.2, 0.25) is 11.8 Å². The van der Waals surface area contributed by atoms with Crippen molar-refractivity contribution in [3.8, 4) is 0 Å². The van der Waals surface area contributed by atoms with Gasteiger partial charge in [-0.15, -0.1) is 0 Å². The number of carbonyl (C=O) groups is 2. The third-order valence-corrected chi connectivity index (χ3v) is 9.30. The van der Waals surface area contributed by atoms with Crippen molar-refractivity contribution in [1.82, 2.24) is 10.2 Å². The van der Waals surface area contributed by atoms with Crippen LogP contribution in [0, 0.1) is 12.7 Å². The lowest BCUT2D eigenvalue weighted by molar-refractivity contribution is -0.139. The summed E-state index contributed by atoms with van der Waals surface area (Å²) >= 11 is 0. The Kier molecular flexibility index (Phi) is 9.79. The molecule has 3 aromatic rings. The lowest BCUT2D eigenvalue weighted by Crippen LogP contribution is -2.52. The monoisotopic (exact) mass is 619 g/mol. The van der Waals surface area contributed by atoms with E-state index in [0.29, 0.717) is 10.4 Å². The van der Waals surface area contributed by atoms with E-state index in [-0.39, 0.29) is 23.0 Å². The Labute approximate surface area is 248 Å². The molecule has 4 rings (SSSR count). The number of halogens is 4. The van der Waals surface area contributed by atoms with Crippen LogP contribution in [-0.2, 0) is 32.3 Å². The maximum absolute atomic E-state index is 14.7. The maximum atomic E-state index is 14.7. The Bertz CT molecular complexity index is 1560. The Morgan fingerprint density at radius 1 is 0.977 bits per heavy atom. The summed E-state index contributed by atoms with van der Waals surface area (Å²) in [6.07, 6.45) is -1.33. The van der Waals surface area contributed by atoms with Crippen LogP contribution in [-0.4, -0.2) is 43.8 Å². The van der Waals surface area contributed by atoms with Gasteiger partial charge in [0.25, 0.3) is 10.0 Å². The van der Waals surface area contributed by atoms with Crippen molar-refractivity contribution >= 4 is 27.5 Å². The second kappa shape index (κ2) is 13.2. The highest BCUT2D eigenvalue weighted by Gasteiger charge is 2.36. The van der Waals surface area contributed by atoms with Crippen LogP contribution < -0.4 is 9.62 Å². The number of nitrogens with zero attached hydrogens (tertiary/aromatic N) is 2. The molecule has 1 aliphatic carbocycles. The summed E-state index contributed by atoms with van der Waals surface area (Å²) in [6.45, 7) is 1.88. The number of hydrogen-bond acceptors (Lipinski definition) is 4. The van der Waals surface area contributed by atoms with Crippen molar-refractivity contribution in [2.24, 2.45) is 0 Å². The van der Waals surface area contributed by atoms with Gasteiger partial charge < -0.3 is 10.2 Å². The largest absolute Gasteiger partial charge is 0.416 e. The molecule has 7 nitrogen and oxygen atoms in total. The number of carbonyl (C=O) groups excluding carboxylic acids is 2. The predicted molar refractivity (Wildman–Crippen MR) is 154 cm³/mol. The van der Waals surface area contributed by atoms with Crippen molar-refractivity contribution in [2.75, 3.05) is 10.8 Å². The highest BCUT2D eigenvalue weighted by Crippen LogP contribution is 2.33. The van der Waals surface area contributed by atoms with Crippen LogP contribution in [0.4, 0.5) is 23.2 Å². The van der Waals surface area contributed by atoms with E-state index < -0.39 is 57.7 Å². The molecule has 1 N–H and O–H groups in total. The normalized spacial score (nSPS) is 14.7. The van der Waals surface area contributed by atoms with Gasteiger partial charge in [-0.1, -0.05) is 54.8 Å². The summed E-state index contributed by atoms with van der Waals surface area (Å²) in [6, 6.07) is 13.7. The number of sulfonamides is 1. The lowest BCUT2D eigenvalue weighted by Gasteiger charge is -2.32. The summed E-state index contributed by atoms with van der Waals surface area (Å²) < 4.78 is 83.8. The quantitative estimate of drug-likeness (QED) is 0.290. The minimum Gasteiger partial charge on any atom is -0.352 e. The van der Waals surface area contributed by atoms with Crippen LogP contribution in [0.1, 0.15) is 49.3 Å². The van der Waals surface area contributed by atoms with Crippen LogP contribution in [0.2, 0.25) is 0 Å². The summed E-state index contributed by atoms with van der Waals surface area (Å²) in [5, 5.41) is 2.90. The fraction of sp³-hybridized carbons (Fsp3) is 0.355. The first-order valence-electron chi connectivity index (χ1n) is 13.9. The third kappa shape index (κ3) is 7.73. The molecular weight excluding hydrogens is 586 g/mol. The van der Waals surface area contributed by atoms with E-state index in [0.717, 1.165) is 54.3 Å². The molecule has 1 aliphatic rings. The molecule has 0 heterocycles. The Morgan fingerprint density at radius 3 is 2.26 bits per heavy atom. The van der Waals surface area contributed by atoms with Gasteiger partial charge in [-0.05, 0) is 63.1 Å². The second-order valence-corrected chi connectivity index (χ2v) is 12.5. The Balaban J connectivity index is 1.74. The van der Waals surface area contributed by atoms with Crippen molar-refractivity contribution < 1.29 is 35.6 Å². The van der Waals surface area contributed by atoms with E-state index in [4.69, 9.17) is 0 Å². The summed E-state index contributed by atoms with van der Waals surface area (Å²) in [5.41, 5.74) is -0.658. The van der Waals surface area contributed by atoms with E-state index in [9.17, 15) is 35.6 Å². The number of rotatable bonds is 10. The Morgan fingerprint density at radius 2 is 1.63 bits per heavy atom. The van der Waals surface area contributed by atoms with Gasteiger partial charge in [-0.25, -0.2) is 12.8 Å². The molecule has 12 heteroatoms. The standard InChI is InChI=1S/C31H33F4N3O4S/c1-21-14-16-27(17-15-21)43(41,42)38(26-12-7-9-24(18-26)31(33,34)35)20-29(39)37(19-23-8-3-6-13-28(23)32)22(2)30(40)36-25-10-4-5-11-25/h3,6-9,12-18,22,25H,4-5,10-11,19-20H2,1-2H3,(H,36,40)/t22-/m0/s1. The van der Waals surface area contributed by atoms with Crippen LogP contribution in [0.15, 0.2) is 77.7 Å². The van der Waals surface area contributed by atoms with Gasteiger partial charge in [0.05, 0.1) is 16.1 Å². The molecule has 1 atom stereocenters. The van der Waals surface area contributed by atoms with Crippen molar-refractivity contribution in [2.45, 2.75) is 69.2 Å². The van der Waals surface area contributed by atoms with Crippen LogP contribution >= 0.6 is 0 Å². The minimum atomic E-state index is -4.77. The zero-order chi connectivity index (χ0) is 31.4. The molecule has 1 saturated carbocycles. The fourth-order valence-corrected chi connectivity index (χ4v) is 6.39. The van der Waals surface area contributed by atoms with Gasteiger partial charge in [0.15, 0.2) is 0 Å². The van der Waals surface area contributed by atoms with E-state index in [1.165, 1.54) is 49.4 Å². The van der Waals surface area contributed by atoms with Gasteiger partial charge in [-0.3, -0.25) is 13.9 Å². The minimum absolute atomic E-state index is 0.0797. The van der Waals surface area contributed by atoms with E-state index in [2.05, 4.69) is 5.32 Å². The molecule has 1 fully saturated rings. The second-order valence-electron chi connectivity index (χ2n) is 10.7. The summed E-state index contributed by atoms with van der Waals surface area (Å²) in [4.78, 5) is 28.0. The van der Waals surface area contributed by atoms with Crippen LogP contribution in [0.5, 0.6) is 0 Å². The van der Waals surface area contributed by atoms with E-state index in [1.807, 2.05) is 0 Å². The van der Waals surface area contributed by atoms with Gasteiger partial charge in [-0.2, -0.15) is 13.2 Å². The molecular formula is C31H33F4N3O4S. The number of hydrogen-bond donors (Lipinski definition) is 1. The van der Waals surface area contributed by atoms with Crippen LogP contribution in [0.3, 0.4) is 0 Å². The average molecular weight is 620 g/mol. The number of alkyl halides is 3. The molecule has 2 amide bonds. The topological polar surface area (TPSA) is 86.8 Å². The number of anilines is 1. The molecule has 0 unspecified atom stereocenters. The number of amides is 2. The predicted octanol–water partition coefficient (Wildman–Crippen LogP) is 5.82. The molecule has 3 aromatic carbocycles. The SMILES string of the molecule is Cc1ccc(S(=O)(=O)N(CC(=O)N(Cc2ccccc2F)[C@@H](C)C(=O)NC2CCCC2)c2cccc(C(F)(F)F)c2)cc1. The first-order chi connectivity index (χ1) is 20.3. The lowest BCUT2D eigenvalue weighted by atomic mass is 10.1. The molecule has 43 heavy (non-hydrogen) atoms. The van der Waals surface area contributed by atoms with Crippen LogP contribution in [0.25, 0.3) is 0 Å². The van der Waals surface area contributed by atoms with Crippen molar-refractivity contribution in [1.29, 1.82) is 0 Å². The van der Waals surface area contributed by atoms with E-state index >= 15 is 0 Å². The maximum Gasteiger partial charge on any atom is 0.416 e. The number of nitrogens with one attached hydrogen (secondary N) is 1. The fourth-order valence-electron chi connectivity index (χ4n) is 4.99. The Hall–Kier alpha value is -3.93.